The van der Waals surface area contributed by atoms with Gasteiger partial charge in [-0.3, -0.25) is 0 Å². The van der Waals surface area contributed by atoms with E-state index in [9.17, 15) is 0 Å². The third-order valence-corrected chi connectivity index (χ3v) is 2.18. The Morgan fingerprint density at radius 2 is 2.08 bits per heavy atom. The SMILES string of the molecule is Cc1cn(CN)c2ccccc12. The number of fused-ring (bicyclic) bond motifs is 1. The molecule has 1 aromatic carbocycles. The highest BCUT2D eigenvalue weighted by molar-refractivity contribution is 5.83. The molecule has 0 spiro atoms. The van der Waals surface area contributed by atoms with E-state index in [0.29, 0.717) is 6.67 Å². The summed E-state index contributed by atoms with van der Waals surface area (Å²) < 4.78 is 2.06. The van der Waals surface area contributed by atoms with Crippen LogP contribution in [-0.4, -0.2) is 4.57 Å². The van der Waals surface area contributed by atoms with Gasteiger partial charge in [0.15, 0.2) is 0 Å². The molecule has 1 heterocycles. The summed E-state index contributed by atoms with van der Waals surface area (Å²) in [5.74, 6) is 0. The average molecular weight is 160 g/mol. The van der Waals surface area contributed by atoms with Crippen molar-refractivity contribution in [3.8, 4) is 0 Å². The molecular formula is C10H12N2. The highest BCUT2D eigenvalue weighted by Crippen LogP contribution is 2.19. The predicted molar refractivity (Wildman–Crippen MR) is 50.9 cm³/mol. The molecular weight excluding hydrogens is 148 g/mol. The van der Waals surface area contributed by atoms with Crippen molar-refractivity contribution in [1.29, 1.82) is 0 Å². The third-order valence-electron chi connectivity index (χ3n) is 2.18. The quantitative estimate of drug-likeness (QED) is 0.678. The van der Waals surface area contributed by atoms with Gasteiger partial charge in [0.2, 0.25) is 0 Å². The summed E-state index contributed by atoms with van der Waals surface area (Å²) in [5, 5.41) is 1.29. The maximum absolute atomic E-state index is 5.59. The van der Waals surface area contributed by atoms with Crippen molar-refractivity contribution in [1.82, 2.24) is 4.57 Å². The van der Waals surface area contributed by atoms with Crippen molar-refractivity contribution >= 4 is 10.9 Å². The van der Waals surface area contributed by atoms with Gasteiger partial charge in [-0.15, -0.1) is 0 Å². The fourth-order valence-corrected chi connectivity index (χ4v) is 1.58. The molecule has 0 aliphatic heterocycles. The van der Waals surface area contributed by atoms with Gasteiger partial charge in [0.25, 0.3) is 0 Å². The van der Waals surface area contributed by atoms with Gasteiger partial charge < -0.3 is 10.3 Å². The molecule has 0 aliphatic carbocycles. The van der Waals surface area contributed by atoms with Crippen molar-refractivity contribution in [3.05, 3.63) is 36.0 Å². The number of aromatic nitrogens is 1. The number of aryl methyl sites for hydroxylation is 1. The Balaban J connectivity index is 2.82. The van der Waals surface area contributed by atoms with Crippen molar-refractivity contribution < 1.29 is 0 Å². The molecule has 2 aromatic rings. The topological polar surface area (TPSA) is 30.9 Å². The molecule has 0 amide bonds. The summed E-state index contributed by atoms with van der Waals surface area (Å²) in [7, 11) is 0. The van der Waals surface area contributed by atoms with Crippen LogP contribution in [0.5, 0.6) is 0 Å². The van der Waals surface area contributed by atoms with Crippen molar-refractivity contribution in [2.24, 2.45) is 5.73 Å². The zero-order chi connectivity index (χ0) is 8.55. The zero-order valence-corrected chi connectivity index (χ0v) is 7.12. The van der Waals surface area contributed by atoms with Crippen LogP contribution in [0.15, 0.2) is 30.5 Å². The first kappa shape index (κ1) is 7.37. The molecule has 12 heavy (non-hydrogen) atoms. The van der Waals surface area contributed by atoms with Crippen LogP contribution in [0.4, 0.5) is 0 Å². The van der Waals surface area contributed by atoms with Crippen molar-refractivity contribution in [2.45, 2.75) is 13.6 Å². The van der Waals surface area contributed by atoms with E-state index in [1.165, 1.54) is 16.5 Å². The van der Waals surface area contributed by atoms with Crippen LogP contribution in [-0.2, 0) is 6.67 Å². The minimum absolute atomic E-state index is 0.550. The molecule has 1 aromatic heterocycles. The van der Waals surface area contributed by atoms with E-state index < -0.39 is 0 Å². The van der Waals surface area contributed by atoms with Gasteiger partial charge >= 0.3 is 0 Å². The molecule has 0 fully saturated rings. The van der Waals surface area contributed by atoms with Crippen LogP contribution in [0.2, 0.25) is 0 Å². The molecule has 0 radical (unpaired) electrons. The molecule has 0 aliphatic rings. The Labute approximate surface area is 71.6 Å². The standard InChI is InChI=1S/C10H12N2/c1-8-6-12(7-11)10-5-3-2-4-9(8)10/h2-6H,7,11H2,1H3. The van der Waals surface area contributed by atoms with Gasteiger partial charge in [0, 0.05) is 17.1 Å². The Morgan fingerprint density at radius 3 is 2.83 bits per heavy atom. The fraction of sp³-hybridized carbons (Fsp3) is 0.200. The molecule has 0 unspecified atom stereocenters. The molecule has 0 atom stereocenters. The smallest absolute Gasteiger partial charge is 0.0701 e. The summed E-state index contributed by atoms with van der Waals surface area (Å²) >= 11 is 0. The number of benzene rings is 1. The third kappa shape index (κ3) is 0.924. The lowest BCUT2D eigenvalue weighted by Gasteiger charge is -1.98. The van der Waals surface area contributed by atoms with E-state index in [0.717, 1.165) is 0 Å². The second-order valence-electron chi connectivity index (χ2n) is 2.98. The predicted octanol–water partition coefficient (Wildman–Crippen LogP) is 1.87. The Bertz CT molecular complexity index is 401. The zero-order valence-electron chi connectivity index (χ0n) is 7.12. The molecule has 62 valence electrons. The molecule has 2 nitrogen and oxygen atoms in total. The molecule has 2 rings (SSSR count). The van der Waals surface area contributed by atoms with Crippen LogP contribution in [0, 0.1) is 6.92 Å². The summed E-state index contributed by atoms with van der Waals surface area (Å²) in [6.07, 6.45) is 2.09. The number of hydrogen-bond acceptors (Lipinski definition) is 1. The number of para-hydroxylation sites is 1. The minimum atomic E-state index is 0.550. The lowest BCUT2D eigenvalue weighted by Crippen LogP contribution is -2.04. The minimum Gasteiger partial charge on any atom is -0.334 e. The Hall–Kier alpha value is -1.28. The van der Waals surface area contributed by atoms with Gasteiger partial charge in [-0.1, -0.05) is 18.2 Å². The fourth-order valence-electron chi connectivity index (χ4n) is 1.58. The van der Waals surface area contributed by atoms with E-state index in [-0.39, 0.29) is 0 Å². The van der Waals surface area contributed by atoms with Crippen LogP contribution in [0.3, 0.4) is 0 Å². The van der Waals surface area contributed by atoms with Gasteiger partial charge in [-0.05, 0) is 18.6 Å². The van der Waals surface area contributed by atoms with Crippen LogP contribution < -0.4 is 5.73 Å². The summed E-state index contributed by atoms with van der Waals surface area (Å²) in [6.45, 7) is 2.66. The van der Waals surface area contributed by atoms with Crippen molar-refractivity contribution in [2.75, 3.05) is 0 Å². The lowest BCUT2D eigenvalue weighted by atomic mass is 10.2. The Morgan fingerprint density at radius 1 is 1.33 bits per heavy atom. The van der Waals surface area contributed by atoms with Gasteiger partial charge in [0.05, 0.1) is 6.67 Å². The maximum Gasteiger partial charge on any atom is 0.0701 e. The first-order valence-electron chi connectivity index (χ1n) is 4.07. The van der Waals surface area contributed by atoms with Crippen molar-refractivity contribution in [3.63, 3.8) is 0 Å². The highest BCUT2D eigenvalue weighted by atomic mass is 15.0. The molecule has 2 heteroatoms. The second kappa shape index (κ2) is 2.64. The first-order valence-corrected chi connectivity index (χ1v) is 4.07. The summed E-state index contributed by atoms with van der Waals surface area (Å²) in [4.78, 5) is 0. The monoisotopic (exact) mass is 160 g/mol. The number of rotatable bonds is 1. The molecule has 0 saturated carbocycles. The maximum atomic E-state index is 5.59. The van der Waals surface area contributed by atoms with E-state index in [4.69, 9.17) is 5.73 Å². The van der Waals surface area contributed by atoms with E-state index in [1.807, 2.05) is 6.07 Å². The largest absolute Gasteiger partial charge is 0.334 e. The van der Waals surface area contributed by atoms with E-state index in [1.54, 1.807) is 0 Å². The van der Waals surface area contributed by atoms with E-state index in [2.05, 4.69) is 35.9 Å². The second-order valence-corrected chi connectivity index (χ2v) is 2.98. The van der Waals surface area contributed by atoms with Crippen LogP contribution in [0.25, 0.3) is 10.9 Å². The number of nitrogens with zero attached hydrogens (tertiary/aromatic N) is 1. The van der Waals surface area contributed by atoms with E-state index >= 15 is 0 Å². The highest BCUT2D eigenvalue weighted by Gasteiger charge is 2.01. The van der Waals surface area contributed by atoms with Crippen LogP contribution in [0.1, 0.15) is 5.56 Å². The normalized spacial score (nSPS) is 10.8. The molecule has 0 bridgehead atoms. The summed E-state index contributed by atoms with van der Waals surface area (Å²) in [5.41, 5.74) is 8.10. The number of hydrogen-bond donors (Lipinski definition) is 1. The Kier molecular flexibility index (Phi) is 1.62. The van der Waals surface area contributed by atoms with Gasteiger partial charge in [0.1, 0.15) is 0 Å². The van der Waals surface area contributed by atoms with Gasteiger partial charge in [-0.2, -0.15) is 0 Å². The lowest BCUT2D eigenvalue weighted by molar-refractivity contribution is 0.762. The average Bonchev–Trinajstić information content (AvgIpc) is 2.44. The number of nitrogens with two attached hydrogens (primary N) is 1. The summed E-state index contributed by atoms with van der Waals surface area (Å²) in [6, 6.07) is 8.30. The first-order chi connectivity index (χ1) is 5.83. The molecule has 2 N–H and O–H groups in total. The van der Waals surface area contributed by atoms with Crippen LogP contribution >= 0.6 is 0 Å². The molecule has 0 saturated heterocycles. The van der Waals surface area contributed by atoms with Gasteiger partial charge in [-0.25, -0.2) is 0 Å².